The van der Waals surface area contributed by atoms with Gasteiger partial charge in [0.1, 0.15) is 24.0 Å². The van der Waals surface area contributed by atoms with Crippen molar-refractivity contribution in [1.29, 1.82) is 5.26 Å². The van der Waals surface area contributed by atoms with Gasteiger partial charge in [-0.05, 0) is 49.4 Å². The number of nitrogens with zero attached hydrogens (tertiary/aromatic N) is 7. The number of nitrogens with one attached hydrogen (secondary N) is 1. The van der Waals surface area contributed by atoms with Gasteiger partial charge < -0.3 is 10.2 Å². The molecule has 0 saturated carbocycles. The van der Waals surface area contributed by atoms with Gasteiger partial charge in [-0.15, -0.1) is 15.3 Å². The predicted octanol–water partition coefficient (Wildman–Crippen LogP) is 1.82. The molecule has 27 heavy (non-hydrogen) atoms. The van der Waals surface area contributed by atoms with Crippen LogP contribution < -0.4 is 10.2 Å². The summed E-state index contributed by atoms with van der Waals surface area (Å²) < 4.78 is 1.69. The molecule has 2 aliphatic rings. The highest BCUT2D eigenvalue weighted by Gasteiger charge is 2.28. The summed E-state index contributed by atoms with van der Waals surface area (Å²) in [5, 5.41) is 25.2. The van der Waals surface area contributed by atoms with E-state index in [9.17, 15) is 5.26 Å². The number of pyridine rings is 1. The third-order valence-corrected chi connectivity index (χ3v) is 5.41. The first-order valence-corrected chi connectivity index (χ1v) is 9.39. The summed E-state index contributed by atoms with van der Waals surface area (Å²) in [5.41, 5.74) is 3.81. The lowest BCUT2D eigenvalue weighted by atomic mass is 9.94. The Morgan fingerprint density at radius 2 is 2.11 bits per heavy atom. The van der Waals surface area contributed by atoms with E-state index in [1.807, 2.05) is 18.2 Å². The quantitative estimate of drug-likeness (QED) is 0.758. The van der Waals surface area contributed by atoms with Crippen LogP contribution in [0.15, 0.2) is 24.5 Å². The monoisotopic (exact) mass is 360 g/mol. The van der Waals surface area contributed by atoms with Crippen LogP contribution in [0.2, 0.25) is 0 Å². The molecular weight excluding hydrogens is 340 g/mol. The second kappa shape index (κ2) is 6.50. The number of fused-ring (bicyclic) bond motifs is 2. The second-order valence-electron chi connectivity index (χ2n) is 7.29. The molecular formula is C19H20N8. The first kappa shape index (κ1) is 16.0. The van der Waals surface area contributed by atoms with Crippen LogP contribution in [-0.4, -0.2) is 44.4 Å². The molecule has 0 bridgehead atoms. The van der Waals surface area contributed by atoms with E-state index >= 15 is 0 Å². The number of aromatic nitrogens is 5. The molecule has 3 aromatic heterocycles. The van der Waals surface area contributed by atoms with E-state index in [0.29, 0.717) is 11.5 Å². The third-order valence-electron chi connectivity index (χ3n) is 5.41. The normalized spacial score (nSPS) is 16.6. The van der Waals surface area contributed by atoms with Crippen molar-refractivity contribution in [3.8, 4) is 6.07 Å². The van der Waals surface area contributed by atoms with Crippen molar-refractivity contribution < 1.29 is 0 Å². The highest BCUT2D eigenvalue weighted by atomic mass is 15.4. The molecule has 8 nitrogen and oxygen atoms in total. The van der Waals surface area contributed by atoms with Crippen LogP contribution in [0.1, 0.15) is 29.7 Å². The molecule has 8 heteroatoms. The minimum atomic E-state index is 0.507. The number of rotatable bonds is 4. The lowest BCUT2D eigenvalue weighted by molar-refractivity contribution is 0.424. The highest BCUT2D eigenvalue weighted by molar-refractivity contribution is 5.55. The Balaban J connectivity index is 1.22. The van der Waals surface area contributed by atoms with Crippen LogP contribution in [0.3, 0.4) is 0 Å². The van der Waals surface area contributed by atoms with Crippen LogP contribution in [0.4, 0.5) is 11.6 Å². The Morgan fingerprint density at radius 3 is 3.00 bits per heavy atom. The van der Waals surface area contributed by atoms with Gasteiger partial charge in [0.05, 0.1) is 5.56 Å². The Hall–Kier alpha value is -3.21. The fourth-order valence-corrected chi connectivity index (χ4v) is 3.87. The molecule has 136 valence electrons. The molecule has 3 aromatic rings. The zero-order chi connectivity index (χ0) is 18.2. The Kier molecular flexibility index (Phi) is 3.85. The molecule has 0 aromatic carbocycles. The van der Waals surface area contributed by atoms with Crippen LogP contribution in [0.5, 0.6) is 0 Å². The highest BCUT2D eigenvalue weighted by Crippen LogP contribution is 2.26. The Labute approximate surface area is 156 Å². The van der Waals surface area contributed by atoms with Gasteiger partial charge in [0.25, 0.3) is 0 Å². The van der Waals surface area contributed by atoms with E-state index in [0.717, 1.165) is 55.5 Å². The maximum Gasteiger partial charge on any atom is 0.177 e. The summed E-state index contributed by atoms with van der Waals surface area (Å²) in [6, 6.07) is 8.22. The van der Waals surface area contributed by atoms with E-state index in [4.69, 9.17) is 4.98 Å². The van der Waals surface area contributed by atoms with E-state index in [1.54, 1.807) is 10.8 Å². The first-order valence-electron chi connectivity index (χ1n) is 9.39. The van der Waals surface area contributed by atoms with Gasteiger partial charge >= 0.3 is 0 Å². The van der Waals surface area contributed by atoms with Crippen LogP contribution >= 0.6 is 0 Å². The molecule has 1 aliphatic carbocycles. The smallest absolute Gasteiger partial charge is 0.177 e. The van der Waals surface area contributed by atoms with E-state index in [-0.39, 0.29) is 0 Å². The largest absolute Gasteiger partial charge is 0.369 e. The van der Waals surface area contributed by atoms with Crippen LogP contribution in [0.25, 0.3) is 5.65 Å². The summed E-state index contributed by atoms with van der Waals surface area (Å²) >= 11 is 0. The summed E-state index contributed by atoms with van der Waals surface area (Å²) in [5.74, 6) is 2.18. The third kappa shape index (κ3) is 2.95. The zero-order valence-electron chi connectivity index (χ0n) is 15.0. The predicted molar refractivity (Wildman–Crippen MR) is 101 cm³/mol. The molecule has 0 radical (unpaired) electrons. The Bertz CT molecular complexity index is 1030. The maximum absolute atomic E-state index is 9.46. The van der Waals surface area contributed by atoms with Crippen LogP contribution in [0, 0.1) is 17.2 Å². The van der Waals surface area contributed by atoms with Gasteiger partial charge in [-0.2, -0.15) is 9.78 Å². The SMILES string of the molecule is N#Cc1cc2c(nc1NCC1CN(c3ccc4nncn4n3)C1)CCCC2. The van der Waals surface area contributed by atoms with Gasteiger partial charge in [-0.25, -0.2) is 4.98 Å². The second-order valence-corrected chi connectivity index (χ2v) is 7.29. The topological polar surface area (TPSA) is 95.0 Å². The average molecular weight is 360 g/mol. The molecule has 0 spiro atoms. The summed E-state index contributed by atoms with van der Waals surface area (Å²) in [6.07, 6.45) is 6.05. The summed E-state index contributed by atoms with van der Waals surface area (Å²) in [4.78, 5) is 6.98. The van der Waals surface area contributed by atoms with E-state index < -0.39 is 0 Å². The first-order chi connectivity index (χ1) is 13.3. The average Bonchev–Trinajstić information content (AvgIpc) is 3.14. The molecule has 5 rings (SSSR count). The molecule has 1 saturated heterocycles. The molecule has 0 unspecified atom stereocenters. The van der Waals surface area contributed by atoms with Gasteiger partial charge in [0, 0.05) is 31.2 Å². The zero-order valence-corrected chi connectivity index (χ0v) is 15.0. The van der Waals surface area contributed by atoms with Gasteiger partial charge in [-0.1, -0.05) is 0 Å². The number of aryl methyl sites for hydroxylation is 2. The minimum absolute atomic E-state index is 0.507. The molecule has 1 N–H and O–H groups in total. The minimum Gasteiger partial charge on any atom is -0.369 e. The van der Waals surface area contributed by atoms with Crippen molar-refractivity contribution in [3.05, 3.63) is 41.3 Å². The fourth-order valence-electron chi connectivity index (χ4n) is 3.87. The van der Waals surface area contributed by atoms with Crippen LogP contribution in [-0.2, 0) is 12.8 Å². The number of hydrogen-bond donors (Lipinski definition) is 1. The molecule has 1 aliphatic heterocycles. The molecule has 1 fully saturated rings. The van der Waals surface area contributed by atoms with Crippen molar-refractivity contribution in [2.45, 2.75) is 25.7 Å². The molecule has 0 amide bonds. The van der Waals surface area contributed by atoms with Crippen molar-refractivity contribution in [3.63, 3.8) is 0 Å². The van der Waals surface area contributed by atoms with Crippen molar-refractivity contribution in [2.24, 2.45) is 5.92 Å². The standard InChI is InChI=1S/C19H20N8/c20-8-15-7-14-3-1-2-4-16(14)23-19(15)21-9-13-10-26(11-13)18-6-5-17-24-22-12-27(17)25-18/h5-7,12-13H,1-4,9-11H2,(H,21,23). The van der Waals surface area contributed by atoms with E-state index in [2.05, 4.69) is 31.6 Å². The van der Waals surface area contributed by atoms with Crippen molar-refractivity contribution in [2.75, 3.05) is 29.9 Å². The fraction of sp³-hybridized carbons (Fsp3) is 0.421. The van der Waals surface area contributed by atoms with Gasteiger partial charge in [0.15, 0.2) is 5.65 Å². The lowest BCUT2D eigenvalue weighted by Crippen LogP contribution is -2.50. The molecule has 0 atom stereocenters. The van der Waals surface area contributed by atoms with Crippen molar-refractivity contribution >= 4 is 17.3 Å². The molecule has 4 heterocycles. The summed E-state index contributed by atoms with van der Waals surface area (Å²) in [6.45, 7) is 2.67. The number of nitriles is 1. The van der Waals surface area contributed by atoms with Gasteiger partial charge in [-0.3, -0.25) is 0 Å². The Morgan fingerprint density at radius 1 is 1.22 bits per heavy atom. The summed E-state index contributed by atoms with van der Waals surface area (Å²) in [7, 11) is 0. The number of hydrogen-bond acceptors (Lipinski definition) is 7. The van der Waals surface area contributed by atoms with E-state index in [1.165, 1.54) is 18.4 Å². The maximum atomic E-state index is 9.46. The number of anilines is 2. The lowest BCUT2D eigenvalue weighted by Gasteiger charge is -2.40. The van der Waals surface area contributed by atoms with Gasteiger partial charge in [0.2, 0.25) is 0 Å². The van der Waals surface area contributed by atoms with Crippen molar-refractivity contribution in [1.82, 2.24) is 24.8 Å².